The summed E-state index contributed by atoms with van der Waals surface area (Å²) in [6, 6.07) is 10.7. The zero-order chi connectivity index (χ0) is 21.3. The van der Waals surface area contributed by atoms with Crippen molar-refractivity contribution >= 4 is 23.5 Å². The Kier molecular flexibility index (Phi) is 5.35. The Morgan fingerprint density at radius 2 is 1.63 bits per heavy atom. The second-order valence-electron chi connectivity index (χ2n) is 7.20. The molecule has 6 nitrogen and oxygen atoms in total. The number of carbonyl (C=O) groups is 3. The molecule has 2 amide bonds. The van der Waals surface area contributed by atoms with Crippen LogP contribution in [0.5, 0.6) is 5.75 Å². The first-order valence-corrected chi connectivity index (χ1v) is 9.70. The van der Waals surface area contributed by atoms with E-state index in [9.17, 15) is 18.8 Å². The fraction of sp³-hybridized carbons (Fsp3) is 0.261. The molecule has 2 aliphatic rings. The quantitative estimate of drug-likeness (QED) is 0.553. The number of halogens is 1. The number of anilines is 1. The molecule has 1 aliphatic carbocycles. The van der Waals surface area contributed by atoms with Crippen LogP contribution in [0, 0.1) is 5.82 Å². The molecule has 0 N–H and O–H groups in total. The van der Waals surface area contributed by atoms with Gasteiger partial charge in [0.1, 0.15) is 12.4 Å². The van der Waals surface area contributed by atoms with Gasteiger partial charge >= 0.3 is 5.97 Å². The van der Waals surface area contributed by atoms with Crippen LogP contribution in [-0.2, 0) is 20.9 Å². The number of hydrogen-bond acceptors (Lipinski definition) is 5. The molecule has 0 atom stereocenters. The maximum Gasteiger partial charge on any atom is 0.337 e. The van der Waals surface area contributed by atoms with E-state index in [0.717, 1.165) is 29.4 Å². The lowest BCUT2D eigenvalue weighted by Gasteiger charge is -2.17. The molecule has 4 rings (SSSR count). The van der Waals surface area contributed by atoms with E-state index in [1.807, 2.05) is 0 Å². The average molecular weight is 409 g/mol. The molecule has 0 saturated heterocycles. The minimum atomic E-state index is -0.699. The minimum absolute atomic E-state index is 0.0609. The van der Waals surface area contributed by atoms with Gasteiger partial charge in [-0.1, -0.05) is 12.1 Å². The zero-order valence-corrected chi connectivity index (χ0v) is 16.4. The maximum absolute atomic E-state index is 14.7. The summed E-state index contributed by atoms with van der Waals surface area (Å²) in [7, 11) is 1.31. The number of amides is 2. The monoisotopic (exact) mass is 409 g/mol. The van der Waals surface area contributed by atoms with Gasteiger partial charge in [-0.05, 0) is 55.5 Å². The van der Waals surface area contributed by atoms with E-state index in [4.69, 9.17) is 4.74 Å². The molecule has 0 radical (unpaired) electrons. The van der Waals surface area contributed by atoms with Gasteiger partial charge in [-0.2, -0.15) is 0 Å². The van der Waals surface area contributed by atoms with Crippen molar-refractivity contribution in [3.8, 4) is 5.75 Å². The molecule has 2 aromatic carbocycles. The second-order valence-corrected chi connectivity index (χ2v) is 7.20. The first kappa shape index (κ1) is 19.8. The van der Waals surface area contributed by atoms with Crippen LogP contribution in [0.15, 0.2) is 53.6 Å². The third kappa shape index (κ3) is 3.58. The van der Waals surface area contributed by atoms with Crippen LogP contribution in [0.1, 0.15) is 41.6 Å². The molecule has 0 fully saturated rings. The summed E-state index contributed by atoms with van der Waals surface area (Å²) in [5.41, 5.74) is 2.18. The first-order chi connectivity index (χ1) is 14.5. The van der Waals surface area contributed by atoms with Gasteiger partial charge in [-0.3, -0.25) is 9.59 Å². The van der Waals surface area contributed by atoms with Crippen molar-refractivity contribution in [3.63, 3.8) is 0 Å². The van der Waals surface area contributed by atoms with Crippen molar-refractivity contribution in [3.05, 3.63) is 70.6 Å². The number of carbonyl (C=O) groups excluding carboxylic acids is 3. The molecule has 0 saturated carbocycles. The van der Waals surface area contributed by atoms with Crippen LogP contribution < -0.4 is 9.64 Å². The van der Waals surface area contributed by atoms with Gasteiger partial charge in [0.25, 0.3) is 11.8 Å². The number of esters is 1. The third-order valence-corrected chi connectivity index (χ3v) is 5.33. The molecule has 0 aromatic heterocycles. The Hall–Kier alpha value is -3.48. The smallest absolute Gasteiger partial charge is 0.337 e. The molecule has 1 heterocycles. The number of nitrogens with zero attached hydrogens (tertiary/aromatic N) is 1. The Morgan fingerprint density at radius 1 is 1.00 bits per heavy atom. The topological polar surface area (TPSA) is 72.9 Å². The maximum atomic E-state index is 14.7. The SMILES string of the molecule is COC(=O)c1ccc(COc2ccc(N3C(=O)C4=C(CCCC4)C3=O)c(F)c2)cc1. The van der Waals surface area contributed by atoms with Gasteiger partial charge < -0.3 is 9.47 Å². The lowest BCUT2D eigenvalue weighted by molar-refractivity contribution is -0.120. The largest absolute Gasteiger partial charge is 0.489 e. The van der Waals surface area contributed by atoms with Crippen LogP contribution in [0.3, 0.4) is 0 Å². The highest BCUT2D eigenvalue weighted by Crippen LogP contribution is 2.37. The average Bonchev–Trinajstić information content (AvgIpc) is 3.03. The summed E-state index contributed by atoms with van der Waals surface area (Å²) >= 11 is 0. The second kappa shape index (κ2) is 8.10. The van der Waals surface area contributed by atoms with Crippen LogP contribution in [0.2, 0.25) is 0 Å². The van der Waals surface area contributed by atoms with Gasteiger partial charge in [-0.25, -0.2) is 14.1 Å². The first-order valence-electron chi connectivity index (χ1n) is 9.70. The Bertz CT molecular complexity index is 1030. The number of benzene rings is 2. The molecule has 30 heavy (non-hydrogen) atoms. The van der Waals surface area contributed by atoms with Gasteiger partial charge in [0.05, 0.1) is 18.4 Å². The van der Waals surface area contributed by atoms with Crippen molar-refractivity contribution in [2.45, 2.75) is 32.3 Å². The van der Waals surface area contributed by atoms with E-state index in [-0.39, 0.29) is 18.0 Å². The van der Waals surface area contributed by atoms with Crippen molar-refractivity contribution in [2.24, 2.45) is 0 Å². The summed E-state index contributed by atoms with van der Waals surface area (Å²) < 4.78 is 25.0. The van der Waals surface area contributed by atoms with E-state index in [2.05, 4.69) is 4.74 Å². The highest BCUT2D eigenvalue weighted by molar-refractivity contribution is 6.33. The summed E-state index contributed by atoms with van der Waals surface area (Å²) in [5, 5.41) is 0. The summed E-state index contributed by atoms with van der Waals surface area (Å²) in [6.07, 6.45) is 2.85. The predicted octanol–water partition coefficient (Wildman–Crippen LogP) is 3.94. The minimum Gasteiger partial charge on any atom is -0.489 e. The normalized spacial score (nSPS) is 16.0. The number of methoxy groups -OCH3 is 1. The van der Waals surface area contributed by atoms with Gasteiger partial charge in [-0.15, -0.1) is 0 Å². The van der Waals surface area contributed by atoms with E-state index >= 15 is 0 Å². The van der Waals surface area contributed by atoms with Crippen molar-refractivity contribution < 1.29 is 28.2 Å². The Labute approximate surface area is 172 Å². The van der Waals surface area contributed by atoms with Crippen molar-refractivity contribution in [1.29, 1.82) is 0 Å². The van der Waals surface area contributed by atoms with E-state index in [1.54, 1.807) is 24.3 Å². The van der Waals surface area contributed by atoms with Gasteiger partial charge in [0.15, 0.2) is 5.82 Å². The summed E-state index contributed by atoms with van der Waals surface area (Å²) in [5.74, 6) is -1.71. The molecular weight excluding hydrogens is 389 g/mol. The molecule has 0 bridgehead atoms. The number of rotatable bonds is 5. The van der Waals surface area contributed by atoms with E-state index in [0.29, 0.717) is 29.6 Å². The summed E-state index contributed by atoms with van der Waals surface area (Å²) in [6.45, 7) is 0.164. The summed E-state index contributed by atoms with van der Waals surface area (Å²) in [4.78, 5) is 37.6. The van der Waals surface area contributed by atoms with Gasteiger partial charge in [0, 0.05) is 17.2 Å². The molecule has 0 unspecified atom stereocenters. The molecule has 2 aromatic rings. The van der Waals surface area contributed by atoms with Crippen LogP contribution >= 0.6 is 0 Å². The van der Waals surface area contributed by atoms with E-state index in [1.165, 1.54) is 19.2 Å². The molecule has 1 aliphatic heterocycles. The fourth-order valence-corrected chi connectivity index (χ4v) is 3.74. The van der Waals surface area contributed by atoms with Crippen LogP contribution in [-0.4, -0.2) is 24.9 Å². The predicted molar refractivity (Wildman–Crippen MR) is 107 cm³/mol. The number of ether oxygens (including phenoxy) is 2. The van der Waals surface area contributed by atoms with E-state index < -0.39 is 23.6 Å². The van der Waals surface area contributed by atoms with Crippen LogP contribution in [0.4, 0.5) is 10.1 Å². The molecule has 0 spiro atoms. The molecule has 7 heteroatoms. The zero-order valence-electron chi connectivity index (χ0n) is 16.4. The lowest BCUT2D eigenvalue weighted by Crippen LogP contribution is -2.32. The highest BCUT2D eigenvalue weighted by atomic mass is 19.1. The standard InChI is InChI=1S/C23H20FNO5/c1-29-23(28)15-8-6-14(7-9-15)13-30-16-10-11-20(19(24)12-16)25-21(26)17-4-2-3-5-18(17)22(25)27/h6-12H,2-5,13H2,1H3. The Balaban J connectivity index is 1.46. The Morgan fingerprint density at radius 3 is 2.20 bits per heavy atom. The lowest BCUT2D eigenvalue weighted by atomic mass is 9.93. The van der Waals surface area contributed by atoms with Crippen molar-refractivity contribution in [1.82, 2.24) is 0 Å². The number of hydrogen-bond donors (Lipinski definition) is 0. The molecule has 154 valence electrons. The number of imide groups is 1. The van der Waals surface area contributed by atoms with Crippen LogP contribution in [0.25, 0.3) is 0 Å². The van der Waals surface area contributed by atoms with Crippen molar-refractivity contribution in [2.75, 3.05) is 12.0 Å². The fourth-order valence-electron chi connectivity index (χ4n) is 3.74. The molecular formula is C23H20FNO5. The van der Waals surface area contributed by atoms with Gasteiger partial charge in [0.2, 0.25) is 0 Å². The third-order valence-electron chi connectivity index (χ3n) is 5.33. The highest BCUT2D eigenvalue weighted by Gasteiger charge is 2.40.